The third-order valence-corrected chi connectivity index (χ3v) is 3.99. The van der Waals surface area contributed by atoms with E-state index in [1.54, 1.807) is 25.2 Å². The van der Waals surface area contributed by atoms with Gasteiger partial charge < -0.3 is 14.4 Å². The Morgan fingerprint density at radius 2 is 1.84 bits per heavy atom. The standard InChI is InChI=1S/C17H17ClN2O5/c1-19(10-12-8-13(20(22)23)5-6-14(12)18)17(21)11-4-7-15(24-2)16(9-11)25-3/h4-9H,10H2,1-3H3. The molecule has 2 aromatic rings. The molecule has 0 radical (unpaired) electrons. The molecule has 8 heteroatoms. The molecule has 7 nitrogen and oxygen atoms in total. The van der Waals surface area contributed by atoms with Gasteiger partial charge in [-0.2, -0.15) is 0 Å². The van der Waals surface area contributed by atoms with E-state index in [2.05, 4.69) is 0 Å². The van der Waals surface area contributed by atoms with E-state index in [4.69, 9.17) is 21.1 Å². The number of non-ortho nitro benzene ring substituents is 1. The van der Waals surface area contributed by atoms with Crippen molar-refractivity contribution < 1.29 is 19.2 Å². The Morgan fingerprint density at radius 3 is 2.44 bits per heavy atom. The Morgan fingerprint density at radius 1 is 1.16 bits per heavy atom. The summed E-state index contributed by atoms with van der Waals surface area (Å²) in [5.74, 6) is 0.682. The van der Waals surface area contributed by atoms with Gasteiger partial charge in [0.2, 0.25) is 0 Å². The minimum absolute atomic E-state index is 0.0774. The lowest BCUT2D eigenvalue weighted by atomic mass is 10.1. The number of benzene rings is 2. The van der Waals surface area contributed by atoms with E-state index in [-0.39, 0.29) is 18.1 Å². The summed E-state index contributed by atoms with van der Waals surface area (Å²) in [6.07, 6.45) is 0. The summed E-state index contributed by atoms with van der Waals surface area (Å²) in [5.41, 5.74) is 0.820. The molecule has 0 aromatic heterocycles. The molecule has 0 aliphatic carbocycles. The number of amides is 1. The monoisotopic (exact) mass is 364 g/mol. The van der Waals surface area contributed by atoms with Crippen LogP contribution in [0.2, 0.25) is 5.02 Å². The van der Waals surface area contributed by atoms with Crippen LogP contribution in [0, 0.1) is 10.1 Å². The molecule has 2 rings (SSSR count). The number of halogens is 1. The Kier molecular flexibility index (Phi) is 5.82. The predicted molar refractivity (Wildman–Crippen MR) is 93.4 cm³/mol. The van der Waals surface area contributed by atoms with Crippen LogP contribution in [0.3, 0.4) is 0 Å². The number of ether oxygens (including phenoxy) is 2. The van der Waals surface area contributed by atoms with Crippen molar-refractivity contribution in [3.8, 4) is 11.5 Å². The Balaban J connectivity index is 2.23. The zero-order valence-electron chi connectivity index (χ0n) is 14.0. The van der Waals surface area contributed by atoms with E-state index in [9.17, 15) is 14.9 Å². The molecule has 0 fully saturated rings. The zero-order chi connectivity index (χ0) is 18.6. The van der Waals surface area contributed by atoms with E-state index >= 15 is 0 Å². The van der Waals surface area contributed by atoms with Gasteiger partial charge in [-0.05, 0) is 29.8 Å². The maximum Gasteiger partial charge on any atom is 0.269 e. The number of methoxy groups -OCH3 is 2. The molecule has 0 heterocycles. The van der Waals surface area contributed by atoms with Gasteiger partial charge in [-0.1, -0.05) is 11.6 Å². The number of carbonyl (C=O) groups excluding carboxylic acids is 1. The van der Waals surface area contributed by atoms with Gasteiger partial charge in [-0.3, -0.25) is 14.9 Å². The van der Waals surface area contributed by atoms with E-state index in [1.165, 1.54) is 37.3 Å². The molecule has 2 aromatic carbocycles. The Hall–Kier alpha value is -2.80. The van der Waals surface area contributed by atoms with Crippen LogP contribution in [0.15, 0.2) is 36.4 Å². The van der Waals surface area contributed by atoms with E-state index in [1.807, 2.05) is 0 Å². The SMILES string of the molecule is COc1ccc(C(=O)N(C)Cc2cc([N+](=O)[O-])ccc2Cl)cc1OC. The minimum atomic E-state index is -0.504. The van der Waals surface area contributed by atoms with Gasteiger partial charge in [0.1, 0.15) is 0 Å². The number of rotatable bonds is 6. The predicted octanol–water partition coefficient (Wildman–Crippen LogP) is 3.54. The molecule has 0 aliphatic heterocycles. The molecule has 0 unspecified atom stereocenters. The number of nitrogens with zero attached hydrogens (tertiary/aromatic N) is 2. The van der Waals surface area contributed by atoms with Crippen LogP contribution in [0.1, 0.15) is 15.9 Å². The van der Waals surface area contributed by atoms with Gasteiger partial charge in [-0.25, -0.2) is 0 Å². The summed E-state index contributed by atoms with van der Waals surface area (Å²) < 4.78 is 10.3. The molecular weight excluding hydrogens is 348 g/mol. The second-order valence-electron chi connectivity index (χ2n) is 5.26. The second kappa shape index (κ2) is 7.85. The number of carbonyl (C=O) groups is 1. The van der Waals surface area contributed by atoms with Crippen molar-refractivity contribution in [1.29, 1.82) is 0 Å². The first-order valence-electron chi connectivity index (χ1n) is 7.27. The lowest BCUT2D eigenvalue weighted by Crippen LogP contribution is -2.26. The van der Waals surface area contributed by atoms with Gasteiger partial charge in [0.05, 0.1) is 19.1 Å². The van der Waals surface area contributed by atoms with Crippen molar-refractivity contribution in [2.45, 2.75) is 6.54 Å². The maximum atomic E-state index is 12.6. The average Bonchev–Trinajstić information content (AvgIpc) is 2.61. The molecule has 0 saturated carbocycles. The summed E-state index contributed by atoms with van der Waals surface area (Å²) in [6, 6.07) is 8.97. The van der Waals surface area contributed by atoms with E-state index < -0.39 is 4.92 Å². The maximum absolute atomic E-state index is 12.6. The summed E-state index contributed by atoms with van der Waals surface area (Å²) in [6.45, 7) is 0.133. The summed E-state index contributed by atoms with van der Waals surface area (Å²) in [5, 5.41) is 11.3. The largest absolute Gasteiger partial charge is 0.493 e. The first kappa shape index (κ1) is 18.5. The molecule has 1 amide bonds. The zero-order valence-corrected chi connectivity index (χ0v) is 14.7. The highest BCUT2D eigenvalue weighted by atomic mass is 35.5. The van der Waals surface area contributed by atoms with Crippen LogP contribution in [0.5, 0.6) is 11.5 Å². The number of nitro benzene ring substituents is 1. The molecule has 0 atom stereocenters. The lowest BCUT2D eigenvalue weighted by Gasteiger charge is -2.19. The van der Waals surface area contributed by atoms with Crippen molar-refractivity contribution in [1.82, 2.24) is 4.90 Å². The van der Waals surface area contributed by atoms with Crippen LogP contribution in [0.25, 0.3) is 0 Å². The molecular formula is C17H17ClN2O5. The number of hydrogen-bond acceptors (Lipinski definition) is 5. The van der Waals surface area contributed by atoms with Crippen molar-refractivity contribution >= 4 is 23.2 Å². The Bertz CT molecular complexity index is 810. The molecule has 25 heavy (non-hydrogen) atoms. The fraction of sp³-hybridized carbons (Fsp3) is 0.235. The highest BCUT2D eigenvalue weighted by Crippen LogP contribution is 2.28. The Labute approximate surface area is 149 Å². The molecule has 0 aliphatic rings. The molecule has 132 valence electrons. The van der Waals surface area contributed by atoms with Crippen molar-refractivity contribution in [3.05, 3.63) is 62.7 Å². The highest BCUT2D eigenvalue weighted by Gasteiger charge is 2.17. The van der Waals surface area contributed by atoms with Gasteiger partial charge in [-0.15, -0.1) is 0 Å². The number of nitro groups is 1. The molecule has 0 N–H and O–H groups in total. The van der Waals surface area contributed by atoms with Gasteiger partial charge in [0.25, 0.3) is 11.6 Å². The van der Waals surface area contributed by atoms with Crippen molar-refractivity contribution in [2.75, 3.05) is 21.3 Å². The van der Waals surface area contributed by atoms with Gasteiger partial charge in [0.15, 0.2) is 11.5 Å². The van der Waals surface area contributed by atoms with Gasteiger partial charge in [0, 0.05) is 36.3 Å². The molecule has 0 bridgehead atoms. The van der Waals surface area contributed by atoms with E-state index in [0.29, 0.717) is 27.6 Å². The molecule has 0 saturated heterocycles. The van der Waals surface area contributed by atoms with Crippen LogP contribution in [-0.2, 0) is 6.54 Å². The van der Waals surface area contributed by atoms with Gasteiger partial charge >= 0.3 is 0 Å². The first-order valence-corrected chi connectivity index (χ1v) is 7.65. The fourth-order valence-corrected chi connectivity index (χ4v) is 2.49. The van der Waals surface area contributed by atoms with Crippen LogP contribution in [0.4, 0.5) is 5.69 Å². The third kappa shape index (κ3) is 4.19. The minimum Gasteiger partial charge on any atom is -0.493 e. The lowest BCUT2D eigenvalue weighted by molar-refractivity contribution is -0.384. The quantitative estimate of drug-likeness (QED) is 0.578. The summed E-state index contributed by atoms with van der Waals surface area (Å²) in [4.78, 5) is 24.4. The average molecular weight is 365 g/mol. The van der Waals surface area contributed by atoms with Crippen molar-refractivity contribution in [3.63, 3.8) is 0 Å². The smallest absolute Gasteiger partial charge is 0.269 e. The summed E-state index contributed by atoms with van der Waals surface area (Å²) >= 11 is 6.09. The van der Waals surface area contributed by atoms with Crippen LogP contribution < -0.4 is 9.47 Å². The topological polar surface area (TPSA) is 81.9 Å². The number of hydrogen-bond donors (Lipinski definition) is 0. The highest BCUT2D eigenvalue weighted by molar-refractivity contribution is 6.31. The second-order valence-corrected chi connectivity index (χ2v) is 5.67. The first-order chi connectivity index (χ1) is 11.9. The molecule has 0 spiro atoms. The van der Waals surface area contributed by atoms with Crippen molar-refractivity contribution in [2.24, 2.45) is 0 Å². The van der Waals surface area contributed by atoms with E-state index in [0.717, 1.165) is 0 Å². The summed E-state index contributed by atoms with van der Waals surface area (Å²) in [7, 11) is 4.59. The normalized spacial score (nSPS) is 10.2. The fourth-order valence-electron chi connectivity index (χ4n) is 2.31. The van der Waals surface area contributed by atoms with Crippen LogP contribution in [-0.4, -0.2) is 37.0 Å². The third-order valence-electron chi connectivity index (χ3n) is 3.62. The van der Waals surface area contributed by atoms with Crippen LogP contribution >= 0.6 is 11.6 Å².